The molecule has 0 saturated carbocycles. The van der Waals surface area contributed by atoms with Crippen molar-refractivity contribution in [1.82, 2.24) is 9.55 Å². The molecule has 0 aliphatic rings. The van der Waals surface area contributed by atoms with Gasteiger partial charge in [0, 0.05) is 30.9 Å². The van der Waals surface area contributed by atoms with Gasteiger partial charge in [-0.05, 0) is 31.0 Å². The van der Waals surface area contributed by atoms with Gasteiger partial charge in [0.05, 0.1) is 0 Å². The molecule has 1 aromatic carbocycles. The van der Waals surface area contributed by atoms with E-state index in [0.29, 0.717) is 6.42 Å². The first-order valence-corrected chi connectivity index (χ1v) is 6.64. The molecule has 19 heavy (non-hydrogen) atoms. The second-order valence-electron chi connectivity index (χ2n) is 4.83. The summed E-state index contributed by atoms with van der Waals surface area (Å²) in [4.78, 5) is 4.36. The number of hydrogen-bond acceptors (Lipinski definition) is 2. The summed E-state index contributed by atoms with van der Waals surface area (Å²) in [6.07, 6.45) is 5.05. The first-order valence-electron chi connectivity index (χ1n) is 6.64. The zero-order valence-electron chi connectivity index (χ0n) is 11.4. The molecule has 0 amide bonds. The highest BCUT2D eigenvalue weighted by Gasteiger charge is 2.27. The molecule has 1 aromatic heterocycles. The fourth-order valence-electron chi connectivity index (χ4n) is 2.31. The highest BCUT2D eigenvalue weighted by Crippen LogP contribution is 2.26. The van der Waals surface area contributed by atoms with E-state index in [0.717, 1.165) is 24.4 Å². The molecule has 1 unspecified atom stereocenters. The predicted molar refractivity (Wildman–Crippen MR) is 74.2 cm³/mol. The van der Waals surface area contributed by atoms with Gasteiger partial charge in [0.15, 0.2) is 0 Å². The van der Waals surface area contributed by atoms with Gasteiger partial charge in [-0.1, -0.05) is 19.1 Å². The second kappa shape index (κ2) is 5.53. The summed E-state index contributed by atoms with van der Waals surface area (Å²) in [5.41, 5.74) is 6.72. The Morgan fingerprint density at radius 1 is 1.37 bits per heavy atom. The standard InChI is InChI=1S/C15H20FN3/c1-3-15(17,12-6-5-7-13(16)10-12)11-14-18-8-9-19(14)4-2/h5-10H,3-4,11,17H2,1-2H3. The molecule has 0 bridgehead atoms. The predicted octanol–water partition coefficient (Wildman–Crippen LogP) is 2.85. The molecule has 3 nitrogen and oxygen atoms in total. The molecular weight excluding hydrogens is 241 g/mol. The van der Waals surface area contributed by atoms with E-state index in [1.165, 1.54) is 12.1 Å². The van der Waals surface area contributed by atoms with Crippen molar-refractivity contribution in [1.29, 1.82) is 0 Å². The molecule has 2 aromatic rings. The van der Waals surface area contributed by atoms with Gasteiger partial charge < -0.3 is 10.3 Å². The van der Waals surface area contributed by atoms with Gasteiger partial charge in [0.1, 0.15) is 11.6 Å². The number of halogens is 1. The third-order valence-corrected chi connectivity index (χ3v) is 3.65. The van der Waals surface area contributed by atoms with Crippen LogP contribution in [0.2, 0.25) is 0 Å². The SMILES string of the molecule is CCn1ccnc1CC(N)(CC)c1cccc(F)c1. The van der Waals surface area contributed by atoms with Crippen LogP contribution in [-0.2, 0) is 18.5 Å². The molecule has 2 N–H and O–H groups in total. The summed E-state index contributed by atoms with van der Waals surface area (Å²) in [5, 5.41) is 0. The Morgan fingerprint density at radius 2 is 2.16 bits per heavy atom. The first-order chi connectivity index (χ1) is 9.09. The summed E-state index contributed by atoms with van der Waals surface area (Å²) < 4.78 is 15.4. The third-order valence-electron chi connectivity index (χ3n) is 3.65. The molecule has 1 atom stereocenters. The molecule has 102 valence electrons. The van der Waals surface area contributed by atoms with Crippen LogP contribution in [0.1, 0.15) is 31.7 Å². The van der Waals surface area contributed by atoms with Crippen LogP contribution < -0.4 is 5.73 Å². The van der Waals surface area contributed by atoms with Gasteiger partial charge >= 0.3 is 0 Å². The lowest BCUT2D eigenvalue weighted by atomic mass is 9.85. The minimum Gasteiger partial charge on any atom is -0.335 e. The Labute approximate surface area is 113 Å². The van der Waals surface area contributed by atoms with E-state index in [4.69, 9.17) is 5.73 Å². The van der Waals surface area contributed by atoms with Crippen molar-refractivity contribution in [3.05, 3.63) is 53.9 Å². The maximum absolute atomic E-state index is 13.4. The van der Waals surface area contributed by atoms with Crippen LogP contribution in [0.3, 0.4) is 0 Å². The Balaban J connectivity index is 2.33. The largest absolute Gasteiger partial charge is 0.335 e. The maximum atomic E-state index is 13.4. The minimum absolute atomic E-state index is 0.250. The maximum Gasteiger partial charge on any atom is 0.123 e. The molecule has 0 radical (unpaired) electrons. The monoisotopic (exact) mass is 261 g/mol. The number of nitrogens with two attached hydrogens (primary N) is 1. The molecule has 0 fully saturated rings. The van der Waals surface area contributed by atoms with E-state index in [2.05, 4.69) is 16.5 Å². The van der Waals surface area contributed by atoms with E-state index in [1.54, 1.807) is 12.3 Å². The Kier molecular flexibility index (Phi) is 4.00. The van der Waals surface area contributed by atoms with Crippen LogP contribution in [0.25, 0.3) is 0 Å². The Hall–Kier alpha value is -1.68. The van der Waals surface area contributed by atoms with Crippen LogP contribution >= 0.6 is 0 Å². The van der Waals surface area contributed by atoms with Crippen molar-refractivity contribution in [3.63, 3.8) is 0 Å². The van der Waals surface area contributed by atoms with Gasteiger partial charge in [-0.15, -0.1) is 0 Å². The van der Waals surface area contributed by atoms with Gasteiger partial charge in [-0.3, -0.25) is 0 Å². The van der Waals surface area contributed by atoms with Gasteiger partial charge in [-0.2, -0.15) is 0 Å². The summed E-state index contributed by atoms with van der Waals surface area (Å²) in [6, 6.07) is 6.54. The van der Waals surface area contributed by atoms with Crippen LogP contribution in [0.15, 0.2) is 36.7 Å². The summed E-state index contributed by atoms with van der Waals surface area (Å²) in [7, 11) is 0. The van der Waals surface area contributed by atoms with Crippen LogP contribution in [0.5, 0.6) is 0 Å². The molecule has 1 heterocycles. The Bertz CT molecular complexity index is 550. The van der Waals surface area contributed by atoms with Gasteiger partial charge in [0.2, 0.25) is 0 Å². The molecular formula is C15H20FN3. The molecule has 4 heteroatoms. The molecule has 2 rings (SSSR count). The number of hydrogen-bond donors (Lipinski definition) is 1. The number of aromatic nitrogens is 2. The Morgan fingerprint density at radius 3 is 2.79 bits per heavy atom. The average Bonchev–Trinajstić information content (AvgIpc) is 2.85. The normalized spacial score (nSPS) is 14.3. The second-order valence-corrected chi connectivity index (χ2v) is 4.83. The lowest BCUT2D eigenvalue weighted by molar-refractivity contribution is 0.405. The lowest BCUT2D eigenvalue weighted by Crippen LogP contribution is -2.39. The summed E-state index contributed by atoms with van der Waals surface area (Å²) >= 11 is 0. The van der Waals surface area contributed by atoms with Crippen molar-refractivity contribution in [3.8, 4) is 0 Å². The van der Waals surface area contributed by atoms with Gasteiger partial charge in [-0.25, -0.2) is 9.37 Å². The fourth-order valence-corrected chi connectivity index (χ4v) is 2.31. The zero-order chi connectivity index (χ0) is 13.9. The van der Waals surface area contributed by atoms with Crippen LogP contribution in [0.4, 0.5) is 4.39 Å². The van der Waals surface area contributed by atoms with E-state index in [1.807, 2.05) is 19.2 Å². The molecule has 0 spiro atoms. The average molecular weight is 261 g/mol. The van der Waals surface area contributed by atoms with Crippen molar-refractivity contribution in [2.24, 2.45) is 5.73 Å². The third kappa shape index (κ3) is 2.84. The number of benzene rings is 1. The van der Waals surface area contributed by atoms with Crippen LogP contribution in [0, 0.1) is 5.82 Å². The topological polar surface area (TPSA) is 43.8 Å². The van der Waals surface area contributed by atoms with Crippen molar-refractivity contribution < 1.29 is 4.39 Å². The zero-order valence-corrected chi connectivity index (χ0v) is 11.4. The molecule has 0 saturated heterocycles. The van der Waals surface area contributed by atoms with E-state index in [9.17, 15) is 4.39 Å². The van der Waals surface area contributed by atoms with E-state index >= 15 is 0 Å². The molecule has 0 aliphatic heterocycles. The van der Waals surface area contributed by atoms with Crippen molar-refractivity contribution >= 4 is 0 Å². The fraction of sp³-hybridized carbons (Fsp3) is 0.400. The highest BCUT2D eigenvalue weighted by molar-refractivity contribution is 5.26. The smallest absolute Gasteiger partial charge is 0.123 e. The quantitative estimate of drug-likeness (QED) is 0.899. The van der Waals surface area contributed by atoms with E-state index < -0.39 is 5.54 Å². The van der Waals surface area contributed by atoms with Crippen molar-refractivity contribution in [2.75, 3.05) is 0 Å². The van der Waals surface area contributed by atoms with E-state index in [-0.39, 0.29) is 5.82 Å². The number of imidazole rings is 1. The number of nitrogens with zero attached hydrogens (tertiary/aromatic N) is 2. The molecule has 0 aliphatic carbocycles. The number of aryl methyl sites for hydroxylation is 1. The summed E-state index contributed by atoms with van der Waals surface area (Å²) in [5.74, 6) is 0.690. The first kappa shape index (κ1) is 13.7. The lowest BCUT2D eigenvalue weighted by Gasteiger charge is -2.28. The minimum atomic E-state index is -0.583. The number of rotatable bonds is 5. The summed E-state index contributed by atoms with van der Waals surface area (Å²) in [6.45, 7) is 4.94. The highest BCUT2D eigenvalue weighted by atomic mass is 19.1. The van der Waals surface area contributed by atoms with Crippen molar-refractivity contribution in [2.45, 2.75) is 38.8 Å². The van der Waals surface area contributed by atoms with Crippen LogP contribution in [-0.4, -0.2) is 9.55 Å². The van der Waals surface area contributed by atoms with Gasteiger partial charge in [0.25, 0.3) is 0 Å².